The van der Waals surface area contributed by atoms with Crippen LogP contribution in [-0.4, -0.2) is 34.9 Å². The molecule has 2 aliphatic heterocycles. The SMILES string of the molecule is CC(C)(F)COc1cc2c(cc1F)Oc1ccc(-c3cncnc3)cc1[C@@]21COC(N)=N1. The largest absolute Gasteiger partial charge is 0.487 e. The van der Waals surface area contributed by atoms with Crippen LogP contribution in [0.25, 0.3) is 11.1 Å². The number of alkyl halides is 1. The van der Waals surface area contributed by atoms with Gasteiger partial charge in [0.1, 0.15) is 36.7 Å². The molecule has 9 heteroatoms. The van der Waals surface area contributed by atoms with E-state index in [1.54, 1.807) is 18.5 Å². The third-order valence-corrected chi connectivity index (χ3v) is 5.32. The molecular formula is C23H20F2N4O3. The van der Waals surface area contributed by atoms with Crippen LogP contribution in [0.2, 0.25) is 0 Å². The lowest BCUT2D eigenvalue weighted by Crippen LogP contribution is -2.31. The first-order chi connectivity index (χ1) is 15.2. The van der Waals surface area contributed by atoms with Gasteiger partial charge in [-0.25, -0.2) is 23.7 Å². The van der Waals surface area contributed by atoms with Crippen molar-refractivity contribution < 1.29 is 23.0 Å². The molecule has 0 bridgehead atoms. The highest BCUT2D eigenvalue weighted by Gasteiger charge is 2.47. The Morgan fingerprint density at radius 3 is 2.53 bits per heavy atom. The summed E-state index contributed by atoms with van der Waals surface area (Å²) >= 11 is 0. The van der Waals surface area contributed by atoms with Crippen LogP contribution in [-0.2, 0) is 10.3 Å². The standard InChI is InChI=1S/C23H20F2N4O3/c1-22(2,25)10-30-20-6-16-19(7-17(20)24)32-18-4-3-13(14-8-27-12-28-9-14)5-15(18)23(16)11-31-21(26)29-23/h3-9,12H,10-11H2,1-2H3,(H2,26,29)/t23-/m0/s1. The zero-order chi connectivity index (χ0) is 22.5. The molecule has 0 fully saturated rings. The van der Waals surface area contributed by atoms with Crippen molar-refractivity contribution in [3.63, 3.8) is 0 Å². The van der Waals surface area contributed by atoms with E-state index in [1.165, 1.54) is 32.3 Å². The first-order valence-corrected chi connectivity index (χ1v) is 9.97. The Morgan fingerprint density at radius 1 is 1.09 bits per heavy atom. The average molecular weight is 438 g/mol. The molecule has 0 amide bonds. The van der Waals surface area contributed by atoms with Crippen LogP contribution in [0.3, 0.4) is 0 Å². The number of aliphatic imine (C=N–C) groups is 1. The molecule has 0 unspecified atom stereocenters. The maximum absolute atomic E-state index is 14.7. The Hall–Kier alpha value is -3.75. The van der Waals surface area contributed by atoms with Crippen LogP contribution >= 0.6 is 0 Å². The second-order valence-electron chi connectivity index (χ2n) is 8.33. The molecule has 2 aromatic carbocycles. The molecule has 2 aliphatic rings. The number of rotatable bonds is 4. The van der Waals surface area contributed by atoms with E-state index in [4.69, 9.17) is 19.9 Å². The minimum Gasteiger partial charge on any atom is -0.487 e. The Balaban J connectivity index is 1.66. The fourth-order valence-electron chi connectivity index (χ4n) is 3.84. The summed E-state index contributed by atoms with van der Waals surface area (Å²) in [4.78, 5) is 12.7. The average Bonchev–Trinajstić information content (AvgIpc) is 3.15. The van der Waals surface area contributed by atoms with Crippen molar-refractivity contribution in [3.8, 4) is 28.4 Å². The number of nitrogens with zero attached hydrogens (tertiary/aromatic N) is 3. The molecule has 7 nitrogen and oxygen atoms in total. The van der Waals surface area contributed by atoms with Crippen molar-refractivity contribution in [2.24, 2.45) is 10.7 Å². The van der Waals surface area contributed by atoms with Crippen molar-refractivity contribution in [1.29, 1.82) is 0 Å². The van der Waals surface area contributed by atoms with Crippen LogP contribution in [0, 0.1) is 5.82 Å². The third-order valence-electron chi connectivity index (χ3n) is 5.32. The summed E-state index contributed by atoms with van der Waals surface area (Å²) in [6, 6.07) is 8.23. The van der Waals surface area contributed by atoms with Gasteiger partial charge in [0, 0.05) is 35.2 Å². The van der Waals surface area contributed by atoms with E-state index >= 15 is 0 Å². The molecule has 5 rings (SSSR count). The van der Waals surface area contributed by atoms with Crippen molar-refractivity contribution in [1.82, 2.24) is 9.97 Å². The lowest BCUT2D eigenvalue weighted by Gasteiger charge is -2.34. The second-order valence-corrected chi connectivity index (χ2v) is 8.33. The van der Waals surface area contributed by atoms with E-state index in [2.05, 4.69) is 15.0 Å². The summed E-state index contributed by atoms with van der Waals surface area (Å²) in [7, 11) is 0. The number of hydrogen-bond acceptors (Lipinski definition) is 7. The molecule has 3 heterocycles. The summed E-state index contributed by atoms with van der Waals surface area (Å²) in [5.74, 6) is -0.00693. The number of ether oxygens (including phenoxy) is 3. The van der Waals surface area contributed by atoms with E-state index in [9.17, 15) is 8.78 Å². The van der Waals surface area contributed by atoms with Crippen molar-refractivity contribution in [3.05, 3.63) is 66.0 Å². The topological polar surface area (TPSA) is 91.8 Å². The normalized spacial score (nSPS) is 18.9. The van der Waals surface area contributed by atoms with Crippen LogP contribution in [0.1, 0.15) is 25.0 Å². The van der Waals surface area contributed by atoms with Gasteiger partial charge < -0.3 is 19.9 Å². The van der Waals surface area contributed by atoms with Gasteiger partial charge >= 0.3 is 0 Å². The molecule has 0 radical (unpaired) electrons. The van der Waals surface area contributed by atoms with Gasteiger partial charge in [-0.2, -0.15) is 0 Å². The van der Waals surface area contributed by atoms with E-state index in [0.29, 0.717) is 16.9 Å². The summed E-state index contributed by atoms with van der Waals surface area (Å²) in [6.45, 7) is 2.49. The van der Waals surface area contributed by atoms with Gasteiger partial charge in [-0.15, -0.1) is 0 Å². The zero-order valence-electron chi connectivity index (χ0n) is 17.4. The van der Waals surface area contributed by atoms with Gasteiger partial charge in [0.2, 0.25) is 0 Å². The lowest BCUT2D eigenvalue weighted by atomic mass is 9.80. The molecule has 0 aliphatic carbocycles. The molecule has 2 N–H and O–H groups in total. The molecule has 1 spiro atoms. The minimum absolute atomic E-state index is 0.00827. The third kappa shape index (κ3) is 3.39. The Kier molecular flexibility index (Phi) is 4.51. The van der Waals surface area contributed by atoms with Crippen molar-refractivity contribution in [2.45, 2.75) is 25.1 Å². The van der Waals surface area contributed by atoms with Gasteiger partial charge in [-0.05, 0) is 37.6 Å². The Bertz CT molecular complexity index is 1230. The molecule has 1 aromatic heterocycles. The number of aromatic nitrogens is 2. The van der Waals surface area contributed by atoms with Gasteiger partial charge in [0.25, 0.3) is 6.02 Å². The highest BCUT2D eigenvalue weighted by Crippen LogP contribution is 2.52. The fourth-order valence-corrected chi connectivity index (χ4v) is 3.84. The first kappa shape index (κ1) is 20.2. The van der Waals surface area contributed by atoms with E-state index in [0.717, 1.165) is 11.1 Å². The summed E-state index contributed by atoms with van der Waals surface area (Å²) in [5.41, 5.74) is 6.05. The zero-order valence-corrected chi connectivity index (χ0v) is 17.4. The maximum Gasteiger partial charge on any atom is 0.283 e. The number of nitrogens with two attached hydrogens (primary N) is 1. The number of amidine groups is 1. The Labute approximate surface area is 182 Å². The number of benzene rings is 2. The van der Waals surface area contributed by atoms with Gasteiger partial charge in [-0.1, -0.05) is 6.07 Å². The predicted molar refractivity (Wildman–Crippen MR) is 113 cm³/mol. The van der Waals surface area contributed by atoms with Crippen molar-refractivity contribution in [2.75, 3.05) is 13.2 Å². The van der Waals surface area contributed by atoms with Gasteiger partial charge in [0.15, 0.2) is 17.1 Å². The predicted octanol–water partition coefficient (Wildman–Crippen LogP) is 4.10. The lowest BCUT2D eigenvalue weighted by molar-refractivity contribution is 0.117. The minimum atomic E-state index is -1.63. The van der Waals surface area contributed by atoms with E-state index in [1.807, 2.05) is 12.1 Å². The van der Waals surface area contributed by atoms with Gasteiger partial charge in [0.05, 0.1) is 0 Å². The number of hydrogen-bond donors (Lipinski definition) is 1. The fraction of sp³-hybridized carbons (Fsp3) is 0.261. The molecular weight excluding hydrogens is 418 g/mol. The summed E-state index contributed by atoms with van der Waals surface area (Å²) in [6.07, 6.45) is 4.84. The number of halogens is 2. The van der Waals surface area contributed by atoms with E-state index < -0.39 is 17.0 Å². The number of fused-ring (bicyclic) bond motifs is 4. The Morgan fingerprint density at radius 2 is 1.84 bits per heavy atom. The molecule has 1 atom stereocenters. The molecule has 3 aromatic rings. The summed E-state index contributed by atoms with van der Waals surface area (Å²) in [5, 5.41) is 0. The molecule has 164 valence electrons. The first-order valence-electron chi connectivity index (χ1n) is 9.97. The van der Waals surface area contributed by atoms with Crippen LogP contribution in [0.4, 0.5) is 8.78 Å². The smallest absolute Gasteiger partial charge is 0.283 e. The van der Waals surface area contributed by atoms with Crippen LogP contribution in [0.15, 0.2) is 54.0 Å². The highest BCUT2D eigenvalue weighted by atomic mass is 19.1. The maximum atomic E-state index is 14.7. The highest BCUT2D eigenvalue weighted by molar-refractivity contribution is 5.78. The second kappa shape index (κ2) is 7.15. The van der Waals surface area contributed by atoms with Crippen LogP contribution < -0.4 is 15.2 Å². The van der Waals surface area contributed by atoms with Crippen LogP contribution in [0.5, 0.6) is 17.2 Å². The molecule has 0 saturated heterocycles. The van der Waals surface area contributed by atoms with Crippen molar-refractivity contribution >= 4 is 6.02 Å². The summed E-state index contributed by atoms with van der Waals surface area (Å²) < 4.78 is 45.7. The monoisotopic (exact) mass is 438 g/mol. The van der Waals surface area contributed by atoms with E-state index in [-0.39, 0.29) is 30.7 Å². The quantitative estimate of drug-likeness (QED) is 0.659. The molecule has 0 saturated carbocycles. The molecule has 32 heavy (non-hydrogen) atoms. The van der Waals surface area contributed by atoms with Gasteiger partial charge in [-0.3, -0.25) is 0 Å².